The van der Waals surface area contributed by atoms with E-state index in [-0.39, 0.29) is 0 Å². The van der Waals surface area contributed by atoms with Gasteiger partial charge in [0.15, 0.2) is 0 Å². The van der Waals surface area contributed by atoms with Crippen LogP contribution in [0.15, 0.2) is 237 Å². The van der Waals surface area contributed by atoms with E-state index in [4.69, 9.17) is 24.1 Å². The molecule has 0 saturated heterocycles. The van der Waals surface area contributed by atoms with Crippen LogP contribution >= 0.6 is 0 Å². The Morgan fingerprint density at radius 2 is 0.551 bits per heavy atom. The minimum atomic E-state index is -0.580. The third-order valence-corrected chi connectivity index (χ3v) is 9.35. The highest BCUT2D eigenvalue weighted by molar-refractivity contribution is 6.40. The molecular weight excluding hydrogens is 1000 g/mol. The van der Waals surface area contributed by atoms with Crippen LogP contribution in [-0.2, 0) is 33.8 Å². The standard InChI is InChI=1S/C20H14N2O4.C18H16N2O4.C11H13NO3.C10H11NO2/c23-19(15-7-3-1-4-8-15)25-21-17-11-13-18(14-12-17)22-26-20(24)16-9-5-2-6-10-16;1-13(19-23-17(21)15-9-5-3-6-10-15)14(2)20-24-18(22)16-11-7-4-8-12-16;1-3-14-9(2)12-15-11(13)10-7-5-4-6-8-10;1-8(2)11-13-10(12)9-6-4-3-5-7-9/h1-14H;3-12H,1-2H3;4-8H,3H2,1-2H3;3-7H,1-2H3/b;19-13+,20-14+;12-9-;. The van der Waals surface area contributed by atoms with E-state index >= 15 is 0 Å². The van der Waals surface area contributed by atoms with Gasteiger partial charge in [-0.15, -0.1) is 0 Å². The molecular formula is C59H54N6O13. The monoisotopic (exact) mass is 1050 g/mol. The molecule has 0 atom stereocenters. The molecule has 6 aromatic carbocycles. The summed E-state index contributed by atoms with van der Waals surface area (Å²) in [7, 11) is 0. The summed E-state index contributed by atoms with van der Waals surface area (Å²) in [5, 5.41) is 22.0. The van der Waals surface area contributed by atoms with Gasteiger partial charge in [0.2, 0.25) is 5.90 Å². The van der Waals surface area contributed by atoms with E-state index < -0.39 is 35.8 Å². The van der Waals surface area contributed by atoms with E-state index in [1.165, 1.54) is 0 Å². The highest BCUT2D eigenvalue weighted by Gasteiger charge is 2.12. The second-order valence-corrected chi connectivity index (χ2v) is 15.6. The summed E-state index contributed by atoms with van der Waals surface area (Å²) < 4.78 is 5.00. The average Bonchev–Trinajstić information content (AvgIpc) is 3.49. The lowest BCUT2D eigenvalue weighted by Gasteiger charge is -2.03. The molecule has 0 aliphatic heterocycles. The fraction of sp³-hybridized carbons (Fsp3) is 0.119. The molecule has 0 unspecified atom stereocenters. The smallest absolute Gasteiger partial charge is 0.365 e. The zero-order chi connectivity index (χ0) is 56.3. The number of hydrogen-bond acceptors (Lipinski definition) is 19. The Kier molecular flexibility index (Phi) is 26.2. The third kappa shape index (κ3) is 23.1. The van der Waals surface area contributed by atoms with Crippen molar-refractivity contribution < 1.29 is 62.5 Å². The number of nitrogens with zero attached hydrogens (tertiary/aromatic N) is 6. The Morgan fingerprint density at radius 3 is 0.795 bits per heavy atom. The van der Waals surface area contributed by atoms with Crippen LogP contribution in [0, 0.1) is 0 Å². The minimum absolute atomic E-state index is 0.320. The molecule has 0 aromatic heterocycles. The fourth-order valence-electron chi connectivity index (χ4n) is 5.35. The maximum atomic E-state index is 11.8. The predicted octanol–water partition coefficient (Wildman–Crippen LogP) is 11.4. The second-order valence-electron chi connectivity index (χ2n) is 15.6. The van der Waals surface area contributed by atoms with Crippen molar-refractivity contribution in [2.45, 2.75) is 41.5 Å². The van der Waals surface area contributed by atoms with Crippen LogP contribution in [0.1, 0.15) is 104 Å². The molecule has 7 rings (SSSR count). The van der Waals surface area contributed by atoms with Crippen LogP contribution in [0.3, 0.4) is 0 Å². The number of carbonyl (C=O) groups is 6. The molecule has 0 saturated carbocycles. The van der Waals surface area contributed by atoms with Gasteiger partial charge in [0.25, 0.3) is 0 Å². The first kappa shape index (κ1) is 60.0. The van der Waals surface area contributed by atoms with Gasteiger partial charge in [-0.2, -0.15) is 0 Å². The van der Waals surface area contributed by atoms with Gasteiger partial charge in [-0.3, -0.25) is 0 Å². The molecule has 398 valence electrons. The zero-order valence-corrected chi connectivity index (χ0v) is 43.3. The largest absolute Gasteiger partial charge is 0.479 e. The van der Waals surface area contributed by atoms with E-state index in [0.29, 0.717) is 74.4 Å². The minimum Gasteiger partial charge on any atom is -0.479 e. The van der Waals surface area contributed by atoms with E-state index in [9.17, 15) is 28.8 Å². The van der Waals surface area contributed by atoms with Crippen molar-refractivity contribution in [2.24, 2.45) is 30.9 Å². The zero-order valence-electron chi connectivity index (χ0n) is 43.3. The topological polar surface area (TPSA) is 241 Å². The Bertz CT molecular complexity index is 3000. The number of oxime groups is 6. The third-order valence-electron chi connectivity index (χ3n) is 9.35. The van der Waals surface area contributed by atoms with Crippen LogP contribution in [0.5, 0.6) is 0 Å². The first-order valence-corrected chi connectivity index (χ1v) is 23.6. The van der Waals surface area contributed by atoms with Gasteiger partial charge in [0.05, 0.1) is 45.7 Å². The summed E-state index contributed by atoms with van der Waals surface area (Å²) in [6.45, 7) is 10.7. The molecule has 1 aliphatic carbocycles. The summed E-state index contributed by atoms with van der Waals surface area (Å²) in [6.07, 6.45) is 6.36. The van der Waals surface area contributed by atoms with Crippen molar-refractivity contribution in [1.29, 1.82) is 0 Å². The predicted molar refractivity (Wildman–Crippen MR) is 294 cm³/mol. The van der Waals surface area contributed by atoms with Crippen molar-refractivity contribution in [3.8, 4) is 0 Å². The van der Waals surface area contributed by atoms with Gasteiger partial charge < -0.3 is 33.8 Å². The second kappa shape index (κ2) is 34.0. The quantitative estimate of drug-likeness (QED) is 0.0324. The Morgan fingerprint density at radius 1 is 0.321 bits per heavy atom. The summed E-state index contributed by atoms with van der Waals surface area (Å²) in [5.74, 6) is -2.83. The number of allylic oxidation sites excluding steroid dienone is 4. The van der Waals surface area contributed by atoms with E-state index in [1.807, 2.05) is 19.1 Å². The van der Waals surface area contributed by atoms with Crippen molar-refractivity contribution in [3.63, 3.8) is 0 Å². The van der Waals surface area contributed by atoms with E-state index in [2.05, 4.69) is 40.6 Å². The van der Waals surface area contributed by atoms with Crippen LogP contribution in [0.2, 0.25) is 0 Å². The van der Waals surface area contributed by atoms with Gasteiger partial charge in [0, 0.05) is 6.92 Å². The highest BCUT2D eigenvalue weighted by Crippen LogP contribution is 2.08. The van der Waals surface area contributed by atoms with Crippen molar-refractivity contribution in [2.75, 3.05) is 6.61 Å². The molecule has 78 heavy (non-hydrogen) atoms. The molecule has 0 fully saturated rings. The molecule has 0 bridgehead atoms. The summed E-state index contributed by atoms with van der Waals surface area (Å²) in [6, 6.07) is 51.5. The average molecular weight is 1060 g/mol. The molecule has 6 aromatic rings. The molecule has 0 spiro atoms. The lowest BCUT2D eigenvalue weighted by Crippen LogP contribution is -2.11. The van der Waals surface area contributed by atoms with Crippen molar-refractivity contribution in [1.82, 2.24) is 0 Å². The summed E-state index contributed by atoms with van der Waals surface area (Å²) in [4.78, 5) is 98.5. The SMILES string of the molecule is CC(=N\OC(=O)c1ccccc1)/C(C)=N/OC(=O)c1ccccc1.CC(C)=NOC(=O)c1ccccc1.CCO/C(C)=N\OC(=O)c1ccccc1.O=C(ON=C1C=CC(=NOC(=O)c2ccccc2)C=C1)c1ccccc1. The van der Waals surface area contributed by atoms with Crippen molar-refractivity contribution >= 4 is 70.3 Å². The Balaban J connectivity index is 0.000000233. The van der Waals surface area contributed by atoms with Crippen LogP contribution in [-0.4, -0.2) is 76.9 Å². The van der Waals surface area contributed by atoms with E-state index in [1.54, 1.807) is 229 Å². The number of hydrogen-bond donors (Lipinski definition) is 0. The Hall–Kier alpha value is -10.6. The van der Waals surface area contributed by atoms with Gasteiger partial charge >= 0.3 is 35.8 Å². The lowest BCUT2D eigenvalue weighted by atomic mass is 10.1. The molecule has 1 aliphatic rings. The highest BCUT2D eigenvalue weighted by atomic mass is 16.7. The number of benzene rings is 6. The molecule has 0 heterocycles. The number of rotatable bonds is 14. The normalized spacial score (nSPS) is 11.4. The van der Waals surface area contributed by atoms with Gasteiger partial charge in [-0.05, 0) is 137 Å². The van der Waals surface area contributed by atoms with Gasteiger partial charge in [-0.25, -0.2) is 28.8 Å². The maximum Gasteiger partial charge on any atom is 0.365 e. The maximum absolute atomic E-state index is 11.8. The van der Waals surface area contributed by atoms with Crippen molar-refractivity contribution in [3.05, 3.63) is 240 Å². The number of carbonyl (C=O) groups excluding carboxylic acids is 6. The van der Waals surface area contributed by atoms with Crippen LogP contribution in [0.25, 0.3) is 0 Å². The fourth-order valence-corrected chi connectivity index (χ4v) is 5.35. The summed E-state index contributed by atoms with van der Waals surface area (Å²) in [5.41, 5.74) is 4.79. The lowest BCUT2D eigenvalue weighted by molar-refractivity contribution is 0.0495. The molecule has 0 radical (unpaired) electrons. The molecule has 0 N–H and O–H groups in total. The first-order valence-electron chi connectivity index (χ1n) is 23.6. The Labute approximate surface area is 450 Å². The van der Waals surface area contributed by atoms with E-state index in [0.717, 1.165) is 0 Å². The summed E-state index contributed by atoms with van der Waals surface area (Å²) >= 11 is 0. The van der Waals surface area contributed by atoms with Crippen LogP contribution < -0.4 is 0 Å². The van der Waals surface area contributed by atoms with Gasteiger partial charge in [0.1, 0.15) is 22.8 Å². The van der Waals surface area contributed by atoms with Crippen LogP contribution in [0.4, 0.5) is 0 Å². The molecule has 19 nitrogen and oxygen atoms in total. The number of ether oxygens (including phenoxy) is 1. The molecule has 0 amide bonds. The molecule has 19 heteroatoms. The van der Waals surface area contributed by atoms with Gasteiger partial charge in [-0.1, -0.05) is 135 Å². The first-order chi connectivity index (χ1) is 37.7.